The lowest BCUT2D eigenvalue weighted by molar-refractivity contribution is -0.383. The minimum absolute atomic E-state index is 0.175. The number of amides is 1. The Morgan fingerprint density at radius 3 is 2.45 bits per heavy atom. The predicted octanol–water partition coefficient (Wildman–Crippen LogP) is 6.33. The Morgan fingerprint density at radius 1 is 1.16 bits per heavy atom. The molecular formula is C21H18F3N3O3S. The standard InChI is InChI=1S/C21H18F3N3O3S/c1-2-3-8-13-11-7-12-15(16(13)14-9-5-4-6-10-14)18(28)26-20-25-17(21(22,23)24)19(31-20)27(29)30/h4-7,9-12H,2-3,8H2,1H3,(H,25,26,28). The number of nitro groups is 1. The van der Waals surface area contributed by atoms with Crippen LogP contribution in [0.1, 0.15) is 41.4 Å². The lowest BCUT2D eigenvalue weighted by Crippen LogP contribution is -2.15. The number of hydrogen-bond donors (Lipinski definition) is 1. The van der Waals surface area contributed by atoms with Crippen LogP contribution in [0.15, 0.2) is 48.5 Å². The van der Waals surface area contributed by atoms with E-state index in [-0.39, 0.29) is 16.9 Å². The number of hydrogen-bond acceptors (Lipinski definition) is 5. The van der Waals surface area contributed by atoms with Gasteiger partial charge in [0.05, 0.1) is 4.92 Å². The summed E-state index contributed by atoms with van der Waals surface area (Å²) in [5, 5.41) is 11.6. The van der Waals surface area contributed by atoms with Crippen LogP contribution in [-0.4, -0.2) is 15.8 Å². The molecule has 1 heterocycles. The molecule has 2 aromatic carbocycles. The smallest absolute Gasteiger partial charge is 0.298 e. The van der Waals surface area contributed by atoms with Crippen molar-refractivity contribution in [2.75, 3.05) is 5.32 Å². The van der Waals surface area contributed by atoms with Crippen LogP contribution in [0.2, 0.25) is 0 Å². The molecule has 0 atom stereocenters. The van der Waals surface area contributed by atoms with Gasteiger partial charge in [-0.3, -0.25) is 20.2 Å². The number of aromatic nitrogens is 1. The van der Waals surface area contributed by atoms with Gasteiger partial charge in [-0.15, -0.1) is 0 Å². The molecule has 0 fully saturated rings. The van der Waals surface area contributed by atoms with Crippen molar-refractivity contribution in [3.8, 4) is 11.1 Å². The summed E-state index contributed by atoms with van der Waals surface area (Å²) >= 11 is 0.175. The highest BCUT2D eigenvalue weighted by molar-refractivity contribution is 7.19. The van der Waals surface area contributed by atoms with Crippen molar-refractivity contribution in [1.82, 2.24) is 4.98 Å². The molecule has 0 saturated carbocycles. The molecule has 0 radical (unpaired) electrons. The molecule has 0 saturated heterocycles. The average molecular weight is 449 g/mol. The summed E-state index contributed by atoms with van der Waals surface area (Å²) in [5.41, 5.74) is 1.03. The Labute approximate surface area is 179 Å². The molecule has 0 aliphatic rings. The molecule has 0 unspecified atom stereocenters. The maximum atomic E-state index is 13.1. The second kappa shape index (κ2) is 9.25. The van der Waals surface area contributed by atoms with E-state index in [4.69, 9.17) is 0 Å². The van der Waals surface area contributed by atoms with Gasteiger partial charge in [0.15, 0.2) is 5.13 Å². The Bertz CT molecular complexity index is 1100. The topological polar surface area (TPSA) is 85.1 Å². The van der Waals surface area contributed by atoms with E-state index in [1.54, 1.807) is 12.1 Å². The van der Waals surface area contributed by atoms with Gasteiger partial charge in [0.1, 0.15) is 0 Å². The minimum atomic E-state index is -5.00. The molecule has 1 N–H and O–H groups in total. The van der Waals surface area contributed by atoms with E-state index in [2.05, 4.69) is 10.3 Å². The molecule has 0 aliphatic heterocycles. The quantitative estimate of drug-likeness (QED) is 0.337. The molecule has 3 aromatic rings. The fourth-order valence-corrected chi connectivity index (χ4v) is 3.95. The van der Waals surface area contributed by atoms with E-state index in [9.17, 15) is 28.1 Å². The van der Waals surface area contributed by atoms with Crippen LogP contribution in [0, 0.1) is 10.1 Å². The fraction of sp³-hybridized carbons (Fsp3) is 0.238. The number of aryl methyl sites for hydroxylation is 1. The number of rotatable bonds is 7. The number of halogens is 3. The molecule has 0 bridgehead atoms. The van der Waals surface area contributed by atoms with Gasteiger partial charge in [-0.1, -0.05) is 55.8 Å². The predicted molar refractivity (Wildman–Crippen MR) is 112 cm³/mol. The van der Waals surface area contributed by atoms with Crippen molar-refractivity contribution in [2.45, 2.75) is 32.4 Å². The van der Waals surface area contributed by atoms with E-state index < -0.39 is 32.8 Å². The van der Waals surface area contributed by atoms with Gasteiger partial charge in [0.25, 0.3) is 5.91 Å². The summed E-state index contributed by atoms with van der Waals surface area (Å²) in [4.78, 5) is 26.1. The molecule has 31 heavy (non-hydrogen) atoms. The highest BCUT2D eigenvalue weighted by Gasteiger charge is 2.43. The lowest BCUT2D eigenvalue weighted by Gasteiger charge is -2.15. The summed E-state index contributed by atoms with van der Waals surface area (Å²) in [6.07, 6.45) is -2.42. The number of unbranched alkanes of at least 4 members (excludes halogenated alkanes) is 1. The van der Waals surface area contributed by atoms with E-state index in [0.29, 0.717) is 5.56 Å². The van der Waals surface area contributed by atoms with E-state index in [1.165, 1.54) is 0 Å². The van der Waals surface area contributed by atoms with Crippen molar-refractivity contribution in [3.05, 3.63) is 75.5 Å². The largest absolute Gasteiger partial charge is 0.441 e. The van der Waals surface area contributed by atoms with Gasteiger partial charge in [-0.05, 0) is 46.9 Å². The van der Waals surface area contributed by atoms with Crippen LogP contribution >= 0.6 is 11.3 Å². The van der Waals surface area contributed by atoms with Crippen molar-refractivity contribution in [2.24, 2.45) is 0 Å². The molecule has 162 valence electrons. The van der Waals surface area contributed by atoms with E-state index >= 15 is 0 Å². The number of benzene rings is 2. The number of nitrogens with zero attached hydrogens (tertiary/aromatic N) is 2. The zero-order valence-corrected chi connectivity index (χ0v) is 17.2. The van der Waals surface area contributed by atoms with Crippen LogP contribution in [0.3, 0.4) is 0 Å². The van der Waals surface area contributed by atoms with Crippen molar-refractivity contribution in [3.63, 3.8) is 0 Å². The average Bonchev–Trinajstić information content (AvgIpc) is 3.17. The Hall–Kier alpha value is -3.27. The summed E-state index contributed by atoms with van der Waals surface area (Å²) in [7, 11) is 0. The molecule has 0 spiro atoms. The van der Waals surface area contributed by atoms with Crippen LogP contribution < -0.4 is 5.32 Å². The molecule has 3 rings (SSSR count). The molecule has 1 amide bonds. The zero-order chi connectivity index (χ0) is 22.6. The number of alkyl halides is 3. The van der Waals surface area contributed by atoms with Gasteiger partial charge in [0, 0.05) is 5.56 Å². The molecule has 10 heteroatoms. The number of thiazole rings is 1. The summed E-state index contributed by atoms with van der Waals surface area (Å²) < 4.78 is 39.2. The fourth-order valence-electron chi connectivity index (χ4n) is 3.15. The third kappa shape index (κ3) is 5.08. The van der Waals surface area contributed by atoms with E-state index in [0.717, 1.165) is 30.4 Å². The summed E-state index contributed by atoms with van der Waals surface area (Å²) in [6, 6.07) is 14.4. The number of anilines is 1. The number of carbonyl (C=O) groups is 1. The highest BCUT2D eigenvalue weighted by atomic mass is 32.1. The maximum Gasteiger partial charge on any atom is 0.441 e. The monoisotopic (exact) mass is 449 g/mol. The number of nitrogens with one attached hydrogen (secondary N) is 1. The number of carbonyl (C=O) groups excluding carboxylic acids is 1. The first-order valence-electron chi connectivity index (χ1n) is 9.43. The van der Waals surface area contributed by atoms with Crippen LogP contribution in [0.4, 0.5) is 23.3 Å². The van der Waals surface area contributed by atoms with Gasteiger partial charge < -0.3 is 0 Å². The molecule has 0 aliphatic carbocycles. The van der Waals surface area contributed by atoms with Crippen molar-refractivity contribution >= 4 is 27.4 Å². The lowest BCUT2D eigenvalue weighted by atomic mass is 9.91. The van der Waals surface area contributed by atoms with E-state index in [1.807, 2.05) is 43.3 Å². The van der Waals surface area contributed by atoms with Crippen LogP contribution in [-0.2, 0) is 12.6 Å². The Kier molecular flexibility index (Phi) is 6.69. The Balaban J connectivity index is 2.02. The minimum Gasteiger partial charge on any atom is -0.298 e. The zero-order valence-electron chi connectivity index (χ0n) is 16.4. The maximum absolute atomic E-state index is 13.1. The van der Waals surface area contributed by atoms with Crippen LogP contribution in [0.25, 0.3) is 11.1 Å². The molecular weight excluding hydrogens is 431 g/mol. The summed E-state index contributed by atoms with van der Waals surface area (Å²) in [5.74, 6) is -0.686. The SMILES string of the molecule is CCCCc1cccc(C(=O)Nc2nc(C(F)(F)F)c([N+](=O)[O-])s2)c1-c1ccccc1. The van der Waals surface area contributed by atoms with Crippen molar-refractivity contribution in [1.29, 1.82) is 0 Å². The first-order chi connectivity index (χ1) is 14.7. The molecule has 1 aromatic heterocycles. The first kappa shape index (κ1) is 22.4. The second-order valence-corrected chi connectivity index (χ2v) is 7.67. The molecule has 6 nitrogen and oxygen atoms in total. The third-order valence-corrected chi connectivity index (χ3v) is 5.44. The van der Waals surface area contributed by atoms with Crippen LogP contribution in [0.5, 0.6) is 0 Å². The summed E-state index contributed by atoms with van der Waals surface area (Å²) in [6.45, 7) is 2.05. The van der Waals surface area contributed by atoms with Gasteiger partial charge in [-0.25, -0.2) is 4.98 Å². The second-order valence-electron chi connectivity index (χ2n) is 6.69. The van der Waals surface area contributed by atoms with Crippen molar-refractivity contribution < 1.29 is 22.9 Å². The Morgan fingerprint density at radius 2 is 1.87 bits per heavy atom. The first-order valence-corrected chi connectivity index (χ1v) is 10.2. The van der Waals surface area contributed by atoms with Gasteiger partial charge in [0.2, 0.25) is 5.69 Å². The normalized spacial score (nSPS) is 11.4. The third-order valence-electron chi connectivity index (χ3n) is 4.52. The van der Waals surface area contributed by atoms with Gasteiger partial charge >= 0.3 is 11.2 Å². The van der Waals surface area contributed by atoms with Gasteiger partial charge in [-0.2, -0.15) is 13.2 Å². The highest BCUT2D eigenvalue weighted by Crippen LogP contribution is 2.41.